The van der Waals surface area contributed by atoms with Crippen molar-refractivity contribution in [2.75, 3.05) is 19.5 Å². The molecule has 8 nitrogen and oxygen atoms in total. The van der Waals surface area contributed by atoms with Crippen molar-refractivity contribution in [3.8, 4) is 11.9 Å². The fourth-order valence-electron chi connectivity index (χ4n) is 3.89. The molecular formula is C23H29N3O5S. The Morgan fingerprint density at radius 3 is 2.41 bits per heavy atom. The van der Waals surface area contributed by atoms with Crippen LogP contribution in [0.3, 0.4) is 0 Å². The van der Waals surface area contributed by atoms with Crippen molar-refractivity contribution < 1.29 is 22.7 Å². The molecule has 0 radical (unpaired) electrons. The zero-order chi connectivity index (χ0) is 23.6. The summed E-state index contributed by atoms with van der Waals surface area (Å²) in [5.41, 5.74) is 3.15. The van der Waals surface area contributed by atoms with Crippen molar-refractivity contribution in [1.29, 1.82) is 5.26 Å². The number of rotatable bonds is 8. The zero-order valence-electron chi connectivity index (χ0n) is 19.1. The highest BCUT2D eigenvalue weighted by Crippen LogP contribution is 2.30. The number of methoxy groups -OCH3 is 1. The number of Topliss-reactive ketones (excluding diaryl/α,β-unsaturated/α-hetero) is 1. The second-order valence-corrected chi connectivity index (χ2v) is 10.6. The van der Waals surface area contributed by atoms with Gasteiger partial charge in [-0.25, -0.2) is 13.1 Å². The minimum atomic E-state index is -3.93. The van der Waals surface area contributed by atoms with Gasteiger partial charge in [-0.2, -0.15) is 10.4 Å². The lowest BCUT2D eigenvalue weighted by atomic mass is 9.85. The molecule has 0 spiro atoms. The summed E-state index contributed by atoms with van der Waals surface area (Å²) in [4.78, 5) is 12.9. The molecule has 2 aromatic rings. The molecule has 0 amide bonds. The molecule has 1 aromatic heterocycles. The number of fused-ring (bicyclic) bond motifs is 1. The SMILES string of the molecule is COC1COc2cc(S(=O)(=O)CC(=O)Cc3c(C(C)C)cc(C#N)cc3C(C)C)nn2C1. The van der Waals surface area contributed by atoms with E-state index in [0.29, 0.717) is 24.6 Å². The smallest absolute Gasteiger partial charge is 0.213 e. The van der Waals surface area contributed by atoms with Crippen molar-refractivity contribution in [1.82, 2.24) is 9.78 Å². The van der Waals surface area contributed by atoms with Gasteiger partial charge in [0.05, 0.1) is 18.2 Å². The third-order valence-electron chi connectivity index (χ3n) is 5.58. The number of ketones is 1. The van der Waals surface area contributed by atoms with Gasteiger partial charge >= 0.3 is 0 Å². The number of nitrogens with zero attached hydrogens (tertiary/aromatic N) is 3. The van der Waals surface area contributed by atoms with Crippen LogP contribution in [-0.4, -0.2) is 49.6 Å². The van der Waals surface area contributed by atoms with Crippen LogP contribution in [0.4, 0.5) is 0 Å². The highest BCUT2D eigenvalue weighted by Gasteiger charge is 2.29. The van der Waals surface area contributed by atoms with Crippen LogP contribution >= 0.6 is 0 Å². The minimum absolute atomic E-state index is 0.0121. The van der Waals surface area contributed by atoms with Crippen molar-refractivity contribution >= 4 is 15.6 Å². The Morgan fingerprint density at radius 2 is 1.88 bits per heavy atom. The predicted octanol–water partition coefficient (Wildman–Crippen LogP) is 2.99. The zero-order valence-corrected chi connectivity index (χ0v) is 19.9. The molecule has 1 unspecified atom stereocenters. The Bertz CT molecular complexity index is 1130. The molecule has 9 heteroatoms. The Balaban J connectivity index is 1.86. The highest BCUT2D eigenvalue weighted by atomic mass is 32.2. The van der Waals surface area contributed by atoms with Crippen molar-refractivity contribution in [3.63, 3.8) is 0 Å². The van der Waals surface area contributed by atoms with E-state index in [1.165, 1.54) is 10.7 Å². The maximum atomic E-state index is 12.9. The summed E-state index contributed by atoms with van der Waals surface area (Å²) in [6.45, 7) is 8.68. The van der Waals surface area contributed by atoms with Crippen LogP contribution in [0.2, 0.25) is 0 Å². The third-order valence-corrected chi connectivity index (χ3v) is 7.12. The first-order chi connectivity index (χ1) is 15.1. The molecule has 0 aliphatic carbocycles. The Morgan fingerprint density at radius 1 is 1.25 bits per heavy atom. The summed E-state index contributed by atoms with van der Waals surface area (Å²) in [7, 11) is -2.38. The average Bonchev–Trinajstić information content (AvgIpc) is 3.17. The first kappa shape index (κ1) is 24.0. The van der Waals surface area contributed by atoms with Crippen LogP contribution in [0.5, 0.6) is 5.88 Å². The average molecular weight is 460 g/mol. The molecule has 172 valence electrons. The highest BCUT2D eigenvalue weighted by molar-refractivity contribution is 7.92. The molecule has 1 aromatic carbocycles. The Hall–Kier alpha value is -2.70. The number of hydrogen-bond donors (Lipinski definition) is 0. The second-order valence-electron chi connectivity index (χ2n) is 8.70. The number of ether oxygens (including phenoxy) is 2. The number of carbonyl (C=O) groups excluding carboxylic acids is 1. The van der Waals surface area contributed by atoms with E-state index in [1.807, 2.05) is 27.7 Å². The topological polar surface area (TPSA) is 111 Å². The number of benzene rings is 1. The summed E-state index contributed by atoms with van der Waals surface area (Å²) < 4.78 is 38.0. The van der Waals surface area contributed by atoms with Gasteiger partial charge in [-0.05, 0) is 40.7 Å². The minimum Gasteiger partial charge on any atom is -0.475 e. The molecule has 1 aliphatic rings. The van der Waals surface area contributed by atoms with Crippen molar-refractivity contribution in [2.24, 2.45) is 0 Å². The van der Waals surface area contributed by atoms with Gasteiger partial charge in [0.1, 0.15) is 18.5 Å². The van der Waals surface area contributed by atoms with E-state index in [9.17, 15) is 18.5 Å². The van der Waals surface area contributed by atoms with Gasteiger partial charge in [0.25, 0.3) is 0 Å². The van der Waals surface area contributed by atoms with Crippen LogP contribution < -0.4 is 4.74 Å². The predicted molar refractivity (Wildman–Crippen MR) is 119 cm³/mol. The molecule has 32 heavy (non-hydrogen) atoms. The monoisotopic (exact) mass is 459 g/mol. The van der Waals surface area contributed by atoms with E-state index in [2.05, 4.69) is 11.2 Å². The molecule has 1 atom stereocenters. The van der Waals surface area contributed by atoms with Gasteiger partial charge in [-0.1, -0.05) is 27.7 Å². The Kier molecular flexibility index (Phi) is 7.06. The van der Waals surface area contributed by atoms with Crippen LogP contribution in [0.15, 0.2) is 23.2 Å². The molecule has 0 fully saturated rings. The van der Waals surface area contributed by atoms with E-state index in [4.69, 9.17) is 9.47 Å². The van der Waals surface area contributed by atoms with Gasteiger partial charge in [-0.15, -0.1) is 0 Å². The molecule has 2 heterocycles. The quantitative estimate of drug-likeness (QED) is 0.596. The van der Waals surface area contributed by atoms with Gasteiger partial charge in [0.2, 0.25) is 15.7 Å². The molecule has 0 bridgehead atoms. The summed E-state index contributed by atoms with van der Waals surface area (Å²) in [5.74, 6) is -0.538. The lowest BCUT2D eigenvalue weighted by Gasteiger charge is -2.22. The Labute approximate surface area is 189 Å². The molecule has 0 saturated heterocycles. The summed E-state index contributed by atoms with van der Waals surface area (Å²) in [5, 5.41) is 13.3. The number of carbonyl (C=O) groups is 1. The van der Waals surface area contributed by atoms with E-state index in [0.717, 1.165) is 16.7 Å². The summed E-state index contributed by atoms with van der Waals surface area (Å²) in [6, 6.07) is 7.12. The van der Waals surface area contributed by atoms with Crippen LogP contribution in [-0.2, 0) is 32.3 Å². The van der Waals surface area contributed by atoms with Gasteiger partial charge < -0.3 is 9.47 Å². The summed E-state index contributed by atoms with van der Waals surface area (Å²) >= 11 is 0. The largest absolute Gasteiger partial charge is 0.475 e. The standard InChI is InChI=1S/C23H29N3O5S/c1-14(2)19-6-16(10-24)7-20(15(3)4)21(19)8-17(27)13-32(28,29)22-9-23-26(25-22)11-18(30-5)12-31-23/h6-7,9,14-15,18H,8,11-13H2,1-5H3. The fraction of sp³-hybridized carbons (Fsp3) is 0.522. The van der Waals surface area contributed by atoms with Gasteiger partial charge in [-0.3, -0.25) is 4.79 Å². The van der Waals surface area contributed by atoms with Crippen molar-refractivity contribution in [3.05, 3.63) is 40.5 Å². The fourth-order valence-corrected chi connectivity index (χ4v) is 5.07. The molecular weight excluding hydrogens is 430 g/mol. The van der Waals surface area contributed by atoms with Crippen LogP contribution in [0.1, 0.15) is 61.8 Å². The normalized spacial score (nSPS) is 16.0. The van der Waals surface area contributed by atoms with Gasteiger partial charge in [0, 0.05) is 19.6 Å². The maximum absolute atomic E-state index is 12.9. The molecule has 0 saturated carbocycles. The van der Waals surface area contributed by atoms with Crippen molar-refractivity contribution in [2.45, 2.75) is 63.6 Å². The molecule has 1 aliphatic heterocycles. The first-order valence-corrected chi connectivity index (χ1v) is 12.3. The summed E-state index contributed by atoms with van der Waals surface area (Å²) in [6.07, 6.45) is -0.221. The molecule has 3 rings (SSSR count). The van der Waals surface area contributed by atoms with E-state index in [-0.39, 0.29) is 29.4 Å². The first-order valence-electron chi connectivity index (χ1n) is 10.6. The van der Waals surface area contributed by atoms with Crippen LogP contribution in [0, 0.1) is 11.3 Å². The van der Waals surface area contributed by atoms with E-state index < -0.39 is 21.4 Å². The lowest BCUT2D eigenvalue weighted by molar-refractivity contribution is -0.116. The second kappa shape index (κ2) is 9.43. The number of aromatic nitrogens is 2. The molecule has 0 N–H and O–H groups in total. The van der Waals surface area contributed by atoms with Gasteiger partial charge in [0.15, 0.2) is 10.8 Å². The lowest BCUT2D eigenvalue weighted by Crippen LogP contribution is -2.31. The van der Waals surface area contributed by atoms with E-state index >= 15 is 0 Å². The number of sulfone groups is 1. The third kappa shape index (κ3) is 5.03. The number of nitriles is 1. The van der Waals surface area contributed by atoms with Crippen LogP contribution in [0.25, 0.3) is 0 Å². The maximum Gasteiger partial charge on any atom is 0.213 e. The van der Waals surface area contributed by atoms with E-state index in [1.54, 1.807) is 19.2 Å². The number of hydrogen-bond acceptors (Lipinski definition) is 7.